The molecule has 2 heteroatoms. The molecule has 198 valence electrons. The zero-order valence-electron chi connectivity index (χ0n) is 23.2. The molecule has 0 unspecified atom stereocenters. The van der Waals surface area contributed by atoms with E-state index >= 15 is 0 Å². The average molecular weight is 481 g/mol. The van der Waals surface area contributed by atoms with Gasteiger partial charge in [0.15, 0.2) is 0 Å². The third-order valence-corrected chi connectivity index (χ3v) is 7.97. The summed E-state index contributed by atoms with van der Waals surface area (Å²) in [6.07, 6.45) is 42.1. The van der Waals surface area contributed by atoms with Crippen molar-refractivity contribution in [2.75, 3.05) is 0 Å². The molecule has 0 aromatic heterocycles. The Morgan fingerprint density at radius 1 is 0.303 bits per heavy atom. The van der Waals surface area contributed by atoms with E-state index in [1.807, 2.05) is 0 Å². The van der Waals surface area contributed by atoms with Gasteiger partial charge in [-0.2, -0.15) is 0 Å². The van der Waals surface area contributed by atoms with Gasteiger partial charge in [0.25, 0.3) is 0 Å². The summed E-state index contributed by atoms with van der Waals surface area (Å²) in [5.74, 6) is 0. The Labute approximate surface area is 213 Å². The van der Waals surface area contributed by atoms with Gasteiger partial charge < -0.3 is 4.80 Å². The average Bonchev–Trinajstić information content (AvgIpc) is 2.83. The van der Waals surface area contributed by atoms with Crippen molar-refractivity contribution in [3.05, 3.63) is 0 Å². The zero-order chi connectivity index (χ0) is 23.9. The molecule has 1 N–H and O–H groups in total. The predicted molar refractivity (Wildman–Crippen MR) is 152 cm³/mol. The molecule has 0 aliphatic heterocycles. The highest BCUT2D eigenvalue weighted by Gasteiger charge is 1.97. The van der Waals surface area contributed by atoms with Crippen molar-refractivity contribution < 1.29 is 4.80 Å². The first kappa shape index (κ1) is 33.2. The van der Waals surface area contributed by atoms with E-state index in [2.05, 4.69) is 6.92 Å². The topological polar surface area (TPSA) is 20.2 Å². The second-order valence-corrected chi connectivity index (χ2v) is 11.6. The fraction of sp³-hybridized carbons (Fsp3) is 1.00. The minimum atomic E-state index is 0.167. The van der Waals surface area contributed by atoms with Gasteiger partial charge in [-0.15, -0.1) is 0 Å². The monoisotopic (exact) mass is 480 g/mol. The SMILES string of the molecule is CCCCCCCCCCCCCCCCCCCCCCCCCCCCCCC[Si]O. The van der Waals surface area contributed by atoms with Crippen LogP contribution in [0.4, 0.5) is 0 Å². The molecule has 0 bridgehead atoms. The smallest absolute Gasteiger partial charge is 0.224 e. The van der Waals surface area contributed by atoms with Crippen LogP contribution in [0.2, 0.25) is 6.04 Å². The summed E-state index contributed by atoms with van der Waals surface area (Å²) in [6, 6.07) is 1.03. The summed E-state index contributed by atoms with van der Waals surface area (Å²) in [5.41, 5.74) is 0. The molecule has 0 saturated carbocycles. The van der Waals surface area contributed by atoms with E-state index in [-0.39, 0.29) is 9.76 Å². The Balaban J connectivity index is 2.99. The number of hydrogen-bond acceptors (Lipinski definition) is 1. The Kier molecular flexibility index (Phi) is 32.3. The molecule has 0 rings (SSSR count). The van der Waals surface area contributed by atoms with Gasteiger partial charge in [0.2, 0.25) is 9.76 Å². The molecule has 1 nitrogen and oxygen atoms in total. The highest BCUT2D eigenvalue weighted by molar-refractivity contribution is 6.25. The lowest BCUT2D eigenvalue weighted by molar-refractivity contribution is 0.513. The Morgan fingerprint density at radius 3 is 0.667 bits per heavy atom. The van der Waals surface area contributed by atoms with Crippen molar-refractivity contribution in [1.29, 1.82) is 0 Å². The van der Waals surface area contributed by atoms with E-state index in [0.717, 1.165) is 6.04 Å². The maximum atomic E-state index is 8.80. The van der Waals surface area contributed by atoms with Crippen molar-refractivity contribution in [2.45, 2.75) is 199 Å². The fourth-order valence-electron chi connectivity index (χ4n) is 5.05. The third kappa shape index (κ3) is 32.2. The molecule has 0 spiro atoms. The second-order valence-electron chi connectivity index (χ2n) is 10.8. The van der Waals surface area contributed by atoms with Gasteiger partial charge in [-0.25, -0.2) is 0 Å². The van der Waals surface area contributed by atoms with E-state index in [0.29, 0.717) is 0 Å². The Hall–Kier alpha value is 0.177. The predicted octanol–water partition coefficient (Wildman–Crippen LogP) is 11.3. The van der Waals surface area contributed by atoms with Crippen molar-refractivity contribution in [1.82, 2.24) is 0 Å². The summed E-state index contributed by atoms with van der Waals surface area (Å²) in [6.45, 7) is 2.30. The van der Waals surface area contributed by atoms with Gasteiger partial charge in [-0.1, -0.05) is 193 Å². The van der Waals surface area contributed by atoms with E-state index in [1.54, 1.807) is 0 Å². The van der Waals surface area contributed by atoms with Crippen LogP contribution < -0.4 is 0 Å². The van der Waals surface area contributed by atoms with Crippen LogP contribution >= 0.6 is 0 Å². The van der Waals surface area contributed by atoms with Crippen molar-refractivity contribution >= 4 is 9.76 Å². The summed E-state index contributed by atoms with van der Waals surface area (Å²) >= 11 is 0. The molecule has 0 heterocycles. The molecular formula is C31H64OSi. The molecule has 0 aliphatic carbocycles. The summed E-state index contributed by atoms with van der Waals surface area (Å²) in [7, 11) is 0.167. The molecule has 0 saturated heterocycles. The quantitative estimate of drug-likeness (QED) is 0.0800. The second kappa shape index (κ2) is 32.2. The molecule has 2 radical (unpaired) electrons. The lowest BCUT2D eigenvalue weighted by atomic mass is 10.0. The molecular weight excluding hydrogens is 416 g/mol. The zero-order valence-corrected chi connectivity index (χ0v) is 24.2. The Bertz CT molecular complexity index is 290. The first-order valence-electron chi connectivity index (χ1n) is 15.8. The van der Waals surface area contributed by atoms with Crippen LogP contribution in [0.15, 0.2) is 0 Å². The lowest BCUT2D eigenvalue weighted by Crippen LogP contribution is -1.86. The number of rotatable bonds is 30. The fourth-order valence-corrected chi connectivity index (χ4v) is 5.46. The van der Waals surface area contributed by atoms with Crippen LogP contribution in [0.3, 0.4) is 0 Å². The highest BCUT2D eigenvalue weighted by Crippen LogP contribution is 2.16. The largest absolute Gasteiger partial charge is 0.432 e. The van der Waals surface area contributed by atoms with Crippen LogP contribution in [0.1, 0.15) is 193 Å². The lowest BCUT2D eigenvalue weighted by Gasteiger charge is -2.04. The Morgan fingerprint density at radius 2 is 0.485 bits per heavy atom. The van der Waals surface area contributed by atoms with E-state index in [9.17, 15) is 0 Å². The standard InChI is InChI=1S/C31H64OSi/c1-2-3-4-5-6-7-8-9-10-11-12-13-14-15-16-17-18-19-20-21-22-23-24-25-26-27-28-29-30-31-33-32/h32H,2-31H2,1H3. The van der Waals surface area contributed by atoms with E-state index < -0.39 is 0 Å². The van der Waals surface area contributed by atoms with Crippen LogP contribution in [0.5, 0.6) is 0 Å². The van der Waals surface area contributed by atoms with Gasteiger partial charge in [0.1, 0.15) is 0 Å². The van der Waals surface area contributed by atoms with E-state index in [4.69, 9.17) is 4.80 Å². The van der Waals surface area contributed by atoms with Crippen LogP contribution in [-0.4, -0.2) is 14.6 Å². The molecule has 0 aromatic carbocycles. The third-order valence-electron chi connectivity index (χ3n) is 7.39. The van der Waals surface area contributed by atoms with Gasteiger partial charge >= 0.3 is 0 Å². The molecule has 0 aromatic rings. The summed E-state index contributed by atoms with van der Waals surface area (Å²) < 4.78 is 0. The molecule has 33 heavy (non-hydrogen) atoms. The summed E-state index contributed by atoms with van der Waals surface area (Å²) in [4.78, 5) is 8.80. The molecule has 0 aliphatic rings. The van der Waals surface area contributed by atoms with Gasteiger partial charge in [-0.3, -0.25) is 0 Å². The molecule has 0 atom stereocenters. The first-order chi connectivity index (χ1) is 16.4. The summed E-state index contributed by atoms with van der Waals surface area (Å²) in [5, 5.41) is 0. The number of hydrogen-bond donors (Lipinski definition) is 1. The van der Waals surface area contributed by atoms with Crippen molar-refractivity contribution in [3.8, 4) is 0 Å². The van der Waals surface area contributed by atoms with Gasteiger partial charge in [0, 0.05) is 0 Å². The molecule has 0 fully saturated rings. The van der Waals surface area contributed by atoms with Gasteiger partial charge in [0.05, 0.1) is 0 Å². The van der Waals surface area contributed by atoms with Crippen molar-refractivity contribution in [3.63, 3.8) is 0 Å². The molecule has 0 amide bonds. The van der Waals surface area contributed by atoms with Crippen molar-refractivity contribution in [2.24, 2.45) is 0 Å². The van der Waals surface area contributed by atoms with E-state index in [1.165, 1.54) is 186 Å². The minimum absolute atomic E-state index is 0.167. The first-order valence-corrected chi connectivity index (χ1v) is 16.9. The highest BCUT2D eigenvalue weighted by atomic mass is 28.2. The normalized spacial score (nSPS) is 11.5. The van der Waals surface area contributed by atoms with Crippen LogP contribution in [-0.2, 0) is 0 Å². The van der Waals surface area contributed by atoms with Crippen LogP contribution in [0, 0.1) is 0 Å². The van der Waals surface area contributed by atoms with Gasteiger partial charge in [-0.05, 0) is 6.04 Å². The maximum Gasteiger partial charge on any atom is 0.224 e. The maximum absolute atomic E-state index is 8.80. The number of unbranched alkanes of at least 4 members (excludes halogenated alkanes) is 28. The van der Waals surface area contributed by atoms with Crippen LogP contribution in [0.25, 0.3) is 0 Å². The minimum Gasteiger partial charge on any atom is -0.432 e.